The number of hydrogen-bond acceptors (Lipinski definition) is 6. The van der Waals surface area contributed by atoms with Crippen molar-refractivity contribution in [2.45, 2.75) is 32.6 Å². The number of aliphatic carboxylic acids is 1. The van der Waals surface area contributed by atoms with Crippen LogP contribution in [-0.2, 0) is 22.7 Å². The van der Waals surface area contributed by atoms with E-state index >= 15 is 0 Å². The molecule has 0 fully saturated rings. The third-order valence-electron chi connectivity index (χ3n) is 5.16. The van der Waals surface area contributed by atoms with Crippen LogP contribution in [0.3, 0.4) is 0 Å². The van der Waals surface area contributed by atoms with Crippen molar-refractivity contribution in [3.63, 3.8) is 0 Å². The number of rotatable bonds is 11. The van der Waals surface area contributed by atoms with Crippen LogP contribution in [0.2, 0.25) is 0 Å². The normalized spacial score (nSPS) is 11.4. The summed E-state index contributed by atoms with van der Waals surface area (Å²) in [5.41, 5.74) is 4.94. The van der Waals surface area contributed by atoms with Gasteiger partial charge in [-0.3, -0.25) is 4.79 Å². The Kier molecular flexibility index (Phi) is 11.3. The van der Waals surface area contributed by atoms with Crippen LogP contribution in [0.5, 0.6) is 0 Å². The molecule has 0 aliphatic heterocycles. The van der Waals surface area contributed by atoms with E-state index in [1.54, 1.807) is 30.2 Å². The Labute approximate surface area is 217 Å². The zero-order chi connectivity index (χ0) is 23.6. The number of thioether (sulfide) groups is 1. The Morgan fingerprint density at radius 2 is 1.85 bits per heavy atom. The number of ether oxygens (including phenoxy) is 1. The Hall–Kier alpha value is -2.63. The maximum Gasteiger partial charge on any atom is 1.00 e. The van der Waals surface area contributed by atoms with Gasteiger partial charge in [0.1, 0.15) is 6.04 Å². The van der Waals surface area contributed by atoms with Gasteiger partial charge in [0, 0.05) is 11.8 Å². The van der Waals surface area contributed by atoms with Crippen LogP contribution in [0.1, 0.15) is 34.9 Å². The largest absolute Gasteiger partial charge is 1.00 e. The van der Waals surface area contributed by atoms with Gasteiger partial charge in [-0.05, 0) is 71.4 Å². The van der Waals surface area contributed by atoms with Crippen LogP contribution >= 0.6 is 11.8 Å². The molecule has 3 aromatic rings. The number of aryl methyl sites for hydroxylation is 1. The van der Waals surface area contributed by atoms with E-state index in [0.717, 1.165) is 27.8 Å². The van der Waals surface area contributed by atoms with Gasteiger partial charge in [-0.2, -0.15) is 22.0 Å². The van der Waals surface area contributed by atoms with E-state index in [4.69, 9.17) is 4.74 Å². The summed E-state index contributed by atoms with van der Waals surface area (Å²) in [6.07, 6.45) is 5.54. The zero-order valence-corrected chi connectivity index (χ0v) is 20.5. The van der Waals surface area contributed by atoms with Gasteiger partial charge < -0.3 is 16.6 Å². The molecule has 0 radical (unpaired) electrons. The first-order valence-electron chi connectivity index (χ1n) is 10.5. The van der Waals surface area contributed by atoms with E-state index < -0.39 is 17.9 Å². The van der Waals surface area contributed by atoms with Gasteiger partial charge in [0.2, 0.25) is 0 Å². The summed E-state index contributed by atoms with van der Waals surface area (Å²) in [5, 5.41) is 19.8. The van der Waals surface area contributed by atoms with E-state index in [0.29, 0.717) is 31.0 Å². The Morgan fingerprint density at radius 3 is 2.53 bits per heavy atom. The Bertz CT molecular complexity index is 1110. The van der Waals surface area contributed by atoms with E-state index in [1.807, 2.05) is 55.6 Å². The minimum Gasteiger partial charge on any atom is -1.00 e. The second-order valence-corrected chi connectivity index (χ2v) is 8.57. The van der Waals surface area contributed by atoms with E-state index in [1.165, 1.54) is 0 Å². The van der Waals surface area contributed by atoms with Crippen molar-refractivity contribution in [3.8, 4) is 11.1 Å². The fraction of sp³-hybridized carbons (Fsp3) is 0.280. The van der Waals surface area contributed by atoms with Crippen LogP contribution < -0.4 is 24.2 Å². The molecule has 2 aromatic carbocycles. The molecule has 34 heavy (non-hydrogen) atoms. The number of carbonyl (C=O) groups excluding carboxylic acids is 1. The van der Waals surface area contributed by atoms with Crippen molar-refractivity contribution in [2.24, 2.45) is 0 Å². The number of aromatic nitrogens is 2. The predicted molar refractivity (Wildman–Crippen MR) is 130 cm³/mol. The van der Waals surface area contributed by atoms with Crippen molar-refractivity contribution in [3.05, 3.63) is 83.2 Å². The van der Waals surface area contributed by atoms with Crippen molar-refractivity contribution in [2.75, 3.05) is 12.0 Å². The number of amides is 1. The van der Waals surface area contributed by atoms with Crippen molar-refractivity contribution in [1.82, 2.24) is 15.5 Å². The predicted octanol–water partition coefficient (Wildman–Crippen LogP) is 1.22. The van der Waals surface area contributed by atoms with Gasteiger partial charge in [0.05, 0.1) is 19.4 Å². The summed E-state index contributed by atoms with van der Waals surface area (Å²) >= 11 is 1.54. The van der Waals surface area contributed by atoms with E-state index in [2.05, 4.69) is 15.5 Å². The molecular formula is C25H28LiN3O4S. The minimum atomic E-state index is -1.04. The van der Waals surface area contributed by atoms with Crippen LogP contribution in [-0.4, -0.2) is 45.2 Å². The van der Waals surface area contributed by atoms with Crippen LogP contribution in [0, 0.1) is 6.92 Å². The first-order chi connectivity index (χ1) is 16.0. The third kappa shape index (κ3) is 7.71. The van der Waals surface area contributed by atoms with Gasteiger partial charge in [0.15, 0.2) is 0 Å². The van der Waals surface area contributed by atoms with Gasteiger partial charge in [-0.15, -0.1) is 0 Å². The van der Waals surface area contributed by atoms with Gasteiger partial charge in [-0.1, -0.05) is 30.3 Å². The second kappa shape index (κ2) is 13.9. The number of carbonyl (C=O) groups is 2. The van der Waals surface area contributed by atoms with Crippen molar-refractivity contribution >= 4 is 23.6 Å². The molecule has 0 aliphatic carbocycles. The molecule has 0 unspecified atom stereocenters. The molecule has 0 aliphatic rings. The maximum absolute atomic E-state index is 13.1. The summed E-state index contributed by atoms with van der Waals surface area (Å²) in [7, 11) is 0. The number of nitrogens with one attached hydrogen (secondary N) is 1. The topological polar surface area (TPSA) is 101 Å². The Balaban J connectivity index is 0.00000306. The molecule has 0 saturated heterocycles. The molecule has 3 rings (SSSR count). The van der Waals surface area contributed by atoms with Crippen molar-refractivity contribution in [1.29, 1.82) is 0 Å². The summed E-state index contributed by atoms with van der Waals surface area (Å²) in [6.45, 7) is 2.73. The summed E-state index contributed by atoms with van der Waals surface area (Å²) in [6, 6.07) is 14.2. The molecule has 0 spiro atoms. The molecule has 1 atom stereocenters. The fourth-order valence-corrected chi connectivity index (χ4v) is 3.87. The smallest absolute Gasteiger partial charge is 1.00 e. The number of nitrogens with zero attached hydrogens (tertiary/aromatic N) is 2. The standard InChI is InChI=1S/C25H27N3O4S.Li.H/c1-17-5-3-4-6-20(17)22-13-18(15-32-16-19-9-11-26-27-14-19)7-8-21(22)24(29)28-23(25(30)31)10-12-33-2;;/h3-9,11,13-14,23H,10,12,15-16H2,1-2H3,(H,28,29)(H,30,31);;/q;+1;-1/t23-;;/m0../s1. The summed E-state index contributed by atoms with van der Waals surface area (Å²) < 4.78 is 5.82. The zero-order valence-electron chi connectivity index (χ0n) is 20.7. The number of benzene rings is 2. The first-order valence-corrected chi connectivity index (χ1v) is 11.9. The number of hydrogen-bond donors (Lipinski definition) is 2. The monoisotopic (exact) mass is 473 g/mol. The van der Waals surface area contributed by atoms with Crippen molar-refractivity contribution < 1.29 is 39.7 Å². The molecule has 1 heterocycles. The Morgan fingerprint density at radius 1 is 1.09 bits per heavy atom. The minimum absolute atomic E-state index is 0. The van der Waals surface area contributed by atoms with E-state index in [-0.39, 0.29) is 20.3 Å². The molecule has 1 aromatic heterocycles. The van der Waals surface area contributed by atoms with Crippen LogP contribution in [0.25, 0.3) is 11.1 Å². The SMILES string of the molecule is CSCC[C@H](NC(=O)c1ccc(COCc2ccnnc2)cc1-c1ccccc1C)C(=O)O.[H-].[Li+]. The summed E-state index contributed by atoms with van der Waals surface area (Å²) in [5.74, 6) is -0.798. The average Bonchev–Trinajstić information content (AvgIpc) is 2.82. The first kappa shape index (κ1) is 27.6. The molecule has 0 saturated carbocycles. The van der Waals surface area contributed by atoms with Gasteiger partial charge in [-0.25, -0.2) is 4.79 Å². The van der Waals surface area contributed by atoms with Crippen LogP contribution in [0.15, 0.2) is 60.9 Å². The molecule has 2 N–H and O–H groups in total. The molecule has 7 nitrogen and oxygen atoms in total. The van der Waals surface area contributed by atoms with Gasteiger partial charge in [0.25, 0.3) is 5.91 Å². The fourth-order valence-electron chi connectivity index (χ4n) is 3.40. The van der Waals surface area contributed by atoms with Gasteiger partial charge >= 0.3 is 24.8 Å². The molecule has 9 heteroatoms. The molecule has 174 valence electrons. The second-order valence-electron chi connectivity index (χ2n) is 7.58. The maximum atomic E-state index is 13.1. The van der Waals surface area contributed by atoms with Crippen LogP contribution in [0.4, 0.5) is 0 Å². The molecule has 1 amide bonds. The average molecular weight is 474 g/mol. The quantitative estimate of drug-likeness (QED) is 0.404. The number of carboxylic acid groups (broad SMARTS) is 1. The number of carboxylic acids is 1. The molecule has 0 bridgehead atoms. The van der Waals surface area contributed by atoms with E-state index in [9.17, 15) is 14.7 Å². The summed E-state index contributed by atoms with van der Waals surface area (Å²) in [4.78, 5) is 24.7. The molecular weight excluding hydrogens is 445 g/mol. The third-order valence-corrected chi connectivity index (χ3v) is 5.80.